The largest absolute Gasteiger partial charge is 0.397 e. The number of nitrogen functional groups attached to an aromatic ring is 1. The van der Waals surface area contributed by atoms with E-state index in [1.54, 1.807) is 0 Å². The summed E-state index contributed by atoms with van der Waals surface area (Å²) in [6.45, 7) is 0. The van der Waals surface area contributed by atoms with Gasteiger partial charge in [0.1, 0.15) is 5.69 Å². The number of anilines is 2. The van der Waals surface area contributed by atoms with Gasteiger partial charge < -0.3 is 11.1 Å². The van der Waals surface area contributed by atoms with Gasteiger partial charge in [-0.25, -0.2) is 8.78 Å². The third-order valence-electron chi connectivity index (χ3n) is 2.54. The zero-order chi connectivity index (χ0) is 14.9. The van der Waals surface area contributed by atoms with Gasteiger partial charge in [0, 0.05) is 5.02 Å². The van der Waals surface area contributed by atoms with Gasteiger partial charge in [-0.3, -0.25) is 4.79 Å². The van der Waals surface area contributed by atoms with Crippen molar-refractivity contribution in [3.8, 4) is 0 Å². The molecule has 3 nitrogen and oxygen atoms in total. The lowest BCUT2D eigenvalue weighted by Gasteiger charge is -2.10. The minimum Gasteiger partial charge on any atom is -0.397 e. The molecule has 2 rings (SSSR count). The number of hydrogen-bond acceptors (Lipinski definition) is 2. The summed E-state index contributed by atoms with van der Waals surface area (Å²) in [5.74, 6) is -3.10. The van der Waals surface area contributed by atoms with Crippen LogP contribution in [0.5, 0.6) is 0 Å². The Balaban J connectivity index is 2.38. The summed E-state index contributed by atoms with van der Waals surface area (Å²) in [5, 5.41) is 2.59. The van der Waals surface area contributed by atoms with Crippen molar-refractivity contribution in [2.45, 2.75) is 0 Å². The molecule has 0 bridgehead atoms. The standard InChI is InChI=1S/C13H8Cl2F2N2O/c14-6-1-2-8(15)7(5-6)13(20)19-12-10(18)4-3-9(16)11(12)17/h1-5H,18H2,(H,19,20). The highest BCUT2D eigenvalue weighted by molar-refractivity contribution is 6.36. The van der Waals surface area contributed by atoms with Crippen LogP contribution in [0, 0.1) is 11.6 Å². The summed E-state index contributed by atoms with van der Waals surface area (Å²) < 4.78 is 26.7. The normalized spacial score (nSPS) is 10.4. The number of nitrogens with two attached hydrogens (primary N) is 1. The summed E-state index contributed by atoms with van der Waals surface area (Å²) in [7, 11) is 0. The van der Waals surface area contributed by atoms with Crippen molar-refractivity contribution in [1.82, 2.24) is 0 Å². The Labute approximate surface area is 123 Å². The van der Waals surface area contributed by atoms with Gasteiger partial charge in [0.25, 0.3) is 5.91 Å². The van der Waals surface area contributed by atoms with Crippen molar-refractivity contribution in [2.75, 3.05) is 11.1 Å². The fourth-order valence-electron chi connectivity index (χ4n) is 1.54. The molecule has 2 aromatic rings. The molecule has 3 N–H and O–H groups in total. The lowest BCUT2D eigenvalue weighted by Crippen LogP contribution is -2.15. The quantitative estimate of drug-likeness (QED) is 0.819. The highest BCUT2D eigenvalue weighted by Crippen LogP contribution is 2.27. The molecule has 0 radical (unpaired) electrons. The molecule has 7 heteroatoms. The van der Waals surface area contributed by atoms with Gasteiger partial charge in [0.15, 0.2) is 11.6 Å². The maximum atomic E-state index is 13.6. The topological polar surface area (TPSA) is 55.1 Å². The fraction of sp³-hybridized carbons (Fsp3) is 0. The molecule has 0 aliphatic carbocycles. The molecule has 2 aromatic carbocycles. The van der Waals surface area contributed by atoms with Crippen LogP contribution in [0.15, 0.2) is 30.3 Å². The molecule has 0 aliphatic heterocycles. The van der Waals surface area contributed by atoms with Crippen molar-refractivity contribution >= 4 is 40.5 Å². The first-order valence-electron chi connectivity index (χ1n) is 5.40. The third-order valence-corrected chi connectivity index (χ3v) is 3.10. The van der Waals surface area contributed by atoms with Gasteiger partial charge in [0.2, 0.25) is 0 Å². The predicted molar refractivity (Wildman–Crippen MR) is 75.2 cm³/mol. The summed E-state index contributed by atoms with van der Waals surface area (Å²) in [6, 6.07) is 6.24. The van der Waals surface area contributed by atoms with E-state index in [4.69, 9.17) is 28.9 Å². The van der Waals surface area contributed by atoms with Crippen molar-refractivity contribution in [3.63, 3.8) is 0 Å². The van der Waals surface area contributed by atoms with Gasteiger partial charge in [-0.15, -0.1) is 0 Å². The fourth-order valence-corrected chi connectivity index (χ4v) is 1.92. The van der Waals surface area contributed by atoms with Crippen molar-refractivity contribution in [3.05, 3.63) is 57.6 Å². The van der Waals surface area contributed by atoms with E-state index < -0.39 is 23.2 Å². The SMILES string of the molecule is Nc1ccc(F)c(F)c1NC(=O)c1cc(Cl)ccc1Cl. The number of amides is 1. The first-order chi connectivity index (χ1) is 9.40. The van der Waals surface area contributed by atoms with E-state index in [2.05, 4.69) is 5.32 Å². The first-order valence-corrected chi connectivity index (χ1v) is 6.15. The van der Waals surface area contributed by atoms with E-state index in [-0.39, 0.29) is 21.3 Å². The smallest absolute Gasteiger partial charge is 0.257 e. The Bertz CT molecular complexity index is 692. The molecule has 0 saturated carbocycles. The molecule has 0 fully saturated rings. The number of benzene rings is 2. The maximum absolute atomic E-state index is 13.6. The van der Waals surface area contributed by atoms with E-state index in [0.717, 1.165) is 12.1 Å². The Morgan fingerprint density at radius 2 is 1.85 bits per heavy atom. The van der Waals surface area contributed by atoms with Crippen LogP contribution >= 0.6 is 23.2 Å². The molecule has 0 heterocycles. The number of rotatable bonds is 2. The highest BCUT2D eigenvalue weighted by atomic mass is 35.5. The van der Waals surface area contributed by atoms with Gasteiger partial charge in [-0.1, -0.05) is 23.2 Å². The van der Waals surface area contributed by atoms with Crippen LogP contribution in [0.2, 0.25) is 10.0 Å². The van der Waals surface area contributed by atoms with Crippen LogP contribution in [0.3, 0.4) is 0 Å². The molecule has 0 aromatic heterocycles. The molecule has 0 unspecified atom stereocenters. The molecular weight excluding hydrogens is 309 g/mol. The average Bonchev–Trinajstić information content (AvgIpc) is 2.41. The summed E-state index contributed by atoms with van der Waals surface area (Å²) >= 11 is 11.6. The van der Waals surface area contributed by atoms with Crippen molar-refractivity contribution in [1.29, 1.82) is 0 Å². The second-order valence-corrected chi connectivity index (χ2v) is 4.75. The second kappa shape index (κ2) is 5.64. The minimum absolute atomic E-state index is 0.0298. The number of nitrogens with one attached hydrogen (secondary N) is 1. The molecule has 0 aliphatic rings. The molecular formula is C13H8Cl2F2N2O. The Morgan fingerprint density at radius 3 is 2.55 bits per heavy atom. The Hall–Kier alpha value is -1.85. The third kappa shape index (κ3) is 2.84. The summed E-state index contributed by atoms with van der Waals surface area (Å²) in [6.07, 6.45) is 0. The number of hydrogen-bond donors (Lipinski definition) is 2. The first kappa shape index (κ1) is 14.6. The molecule has 20 heavy (non-hydrogen) atoms. The zero-order valence-electron chi connectivity index (χ0n) is 9.88. The van der Waals surface area contributed by atoms with E-state index in [1.807, 2.05) is 0 Å². The van der Waals surface area contributed by atoms with Gasteiger partial charge in [-0.05, 0) is 30.3 Å². The van der Waals surface area contributed by atoms with Crippen molar-refractivity contribution < 1.29 is 13.6 Å². The lowest BCUT2D eigenvalue weighted by atomic mass is 10.2. The Morgan fingerprint density at radius 1 is 1.15 bits per heavy atom. The maximum Gasteiger partial charge on any atom is 0.257 e. The summed E-state index contributed by atoms with van der Waals surface area (Å²) in [4.78, 5) is 12.0. The van der Waals surface area contributed by atoms with Crippen LogP contribution in [-0.4, -0.2) is 5.91 Å². The second-order valence-electron chi connectivity index (χ2n) is 3.90. The number of carbonyl (C=O) groups excluding carboxylic acids is 1. The van der Waals surface area contributed by atoms with E-state index >= 15 is 0 Å². The molecule has 1 amide bonds. The minimum atomic E-state index is -1.24. The van der Waals surface area contributed by atoms with Gasteiger partial charge >= 0.3 is 0 Å². The van der Waals surface area contributed by atoms with E-state index in [1.165, 1.54) is 18.2 Å². The molecule has 0 spiro atoms. The number of halogens is 4. The van der Waals surface area contributed by atoms with Crippen LogP contribution in [0.1, 0.15) is 10.4 Å². The van der Waals surface area contributed by atoms with Crippen LogP contribution in [0.25, 0.3) is 0 Å². The van der Waals surface area contributed by atoms with Crippen molar-refractivity contribution in [2.24, 2.45) is 0 Å². The van der Waals surface area contributed by atoms with Gasteiger partial charge in [0.05, 0.1) is 16.3 Å². The molecule has 104 valence electrons. The van der Waals surface area contributed by atoms with Crippen LogP contribution in [0.4, 0.5) is 20.2 Å². The number of carbonyl (C=O) groups is 1. The molecule has 0 atom stereocenters. The Kier molecular flexibility index (Phi) is 4.11. The monoisotopic (exact) mass is 316 g/mol. The summed E-state index contributed by atoms with van der Waals surface area (Å²) in [5.41, 5.74) is 4.99. The lowest BCUT2D eigenvalue weighted by molar-refractivity contribution is 0.102. The predicted octanol–water partition coefficient (Wildman–Crippen LogP) is 4.11. The molecule has 0 saturated heterocycles. The van der Waals surface area contributed by atoms with E-state index in [9.17, 15) is 13.6 Å². The average molecular weight is 317 g/mol. The zero-order valence-corrected chi connectivity index (χ0v) is 11.4. The van der Waals surface area contributed by atoms with Crippen LogP contribution < -0.4 is 11.1 Å². The van der Waals surface area contributed by atoms with Crippen LogP contribution in [-0.2, 0) is 0 Å². The highest BCUT2D eigenvalue weighted by Gasteiger charge is 2.17. The van der Waals surface area contributed by atoms with E-state index in [0.29, 0.717) is 0 Å². The van der Waals surface area contributed by atoms with Gasteiger partial charge in [-0.2, -0.15) is 0 Å².